The molecule has 0 atom stereocenters. The Morgan fingerprint density at radius 3 is 2.70 bits per heavy atom. The van der Waals surface area contributed by atoms with Crippen molar-refractivity contribution in [3.63, 3.8) is 0 Å². The number of hydrogen-bond donors (Lipinski definition) is 0. The number of carbonyl (C=O) groups excluding carboxylic acids is 1. The summed E-state index contributed by atoms with van der Waals surface area (Å²) < 4.78 is 0. The van der Waals surface area contributed by atoms with E-state index in [1.807, 2.05) is 36.4 Å². The van der Waals surface area contributed by atoms with Crippen molar-refractivity contribution in [1.29, 1.82) is 0 Å². The lowest BCUT2D eigenvalue weighted by molar-refractivity contribution is 0.101. The molecule has 0 bridgehead atoms. The fourth-order valence-corrected chi connectivity index (χ4v) is 2.87. The molecule has 1 aromatic carbocycles. The average molecular weight is 263 g/mol. The molecule has 1 aliphatic carbocycles. The minimum atomic E-state index is -0.0153. The second-order valence-electron chi connectivity index (χ2n) is 5.89. The number of aromatic nitrogens is 1. The van der Waals surface area contributed by atoms with Crippen molar-refractivity contribution in [1.82, 2.24) is 4.98 Å². The molecule has 2 aromatic rings. The lowest BCUT2D eigenvalue weighted by Crippen LogP contribution is -2.29. The summed E-state index contributed by atoms with van der Waals surface area (Å²) in [5.41, 5.74) is 3.80. The highest BCUT2D eigenvalue weighted by atomic mass is 16.1. The van der Waals surface area contributed by atoms with Crippen molar-refractivity contribution < 1.29 is 4.79 Å². The molecule has 1 heterocycles. The fraction of sp³-hybridized carbons (Fsp3) is 0.222. The van der Waals surface area contributed by atoms with Crippen LogP contribution in [0.5, 0.6) is 0 Å². The number of rotatable bonds is 1. The average Bonchev–Trinajstić information content (AvgIpc) is 2.46. The zero-order chi connectivity index (χ0) is 14.2. The van der Waals surface area contributed by atoms with Gasteiger partial charge >= 0.3 is 0 Å². The van der Waals surface area contributed by atoms with Gasteiger partial charge in [-0.2, -0.15) is 0 Å². The van der Waals surface area contributed by atoms with Crippen LogP contribution in [0.25, 0.3) is 6.08 Å². The molecular weight excluding hydrogens is 246 g/mol. The molecule has 0 saturated carbocycles. The normalized spacial score (nSPS) is 18.9. The lowest BCUT2D eigenvalue weighted by atomic mass is 9.70. The minimum Gasteiger partial charge on any atom is -0.289 e. The molecule has 0 radical (unpaired) electrons. The molecule has 0 amide bonds. The summed E-state index contributed by atoms with van der Waals surface area (Å²) in [6.45, 7) is 4.38. The number of Topliss-reactive ketones (excluding diaryl/α,β-unsaturated/α-hetero) is 1. The molecule has 3 rings (SSSR count). The summed E-state index contributed by atoms with van der Waals surface area (Å²) >= 11 is 0. The Kier molecular flexibility index (Phi) is 3.01. The number of fused-ring (bicyclic) bond motifs is 1. The molecule has 2 nitrogen and oxygen atoms in total. The molecule has 0 N–H and O–H groups in total. The molecule has 100 valence electrons. The van der Waals surface area contributed by atoms with E-state index in [-0.39, 0.29) is 11.2 Å². The van der Waals surface area contributed by atoms with Crippen LogP contribution in [-0.4, -0.2) is 10.8 Å². The van der Waals surface area contributed by atoms with Gasteiger partial charge in [-0.25, -0.2) is 0 Å². The molecule has 0 spiro atoms. The van der Waals surface area contributed by atoms with Gasteiger partial charge in [0.05, 0.1) is 0 Å². The van der Waals surface area contributed by atoms with Gasteiger partial charge in [0.2, 0.25) is 0 Å². The number of allylic oxidation sites excluding steroid dienone is 1. The standard InChI is InChI=1S/C18H17NO/c1-18(2)11-14(10-13-6-5-9-19-12-13)17(20)15-7-3-4-8-16(15)18/h3-10,12H,11H2,1-2H3. The molecule has 2 heteroatoms. The largest absolute Gasteiger partial charge is 0.289 e. The Labute approximate surface area is 119 Å². The van der Waals surface area contributed by atoms with Crippen LogP contribution in [0.2, 0.25) is 0 Å². The van der Waals surface area contributed by atoms with Crippen LogP contribution < -0.4 is 0 Å². The summed E-state index contributed by atoms with van der Waals surface area (Å²) in [5, 5.41) is 0. The first-order valence-corrected chi connectivity index (χ1v) is 6.83. The lowest BCUT2D eigenvalue weighted by Gasteiger charge is -2.33. The van der Waals surface area contributed by atoms with E-state index in [0.717, 1.165) is 28.7 Å². The monoisotopic (exact) mass is 263 g/mol. The number of benzene rings is 1. The van der Waals surface area contributed by atoms with Crippen molar-refractivity contribution in [3.05, 3.63) is 71.1 Å². The van der Waals surface area contributed by atoms with E-state index in [0.29, 0.717) is 0 Å². The predicted octanol–water partition coefficient (Wildman–Crippen LogP) is 4.03. The highest BCUT2D eigenvalue weighted by Crippen LogP contribution is 2.39. The van der Waals surface area contributed by atoms with Crippen LogP contribution in [-0.2, 0) is 5.41 Å². The maximum atomic E-state index is 12.6. The molecule has 1 aromatic heterocycles. The van der Waals surface area contributed by atoms with E-state index in [2.05, 4.69) is 24.9 Å². The van der Waals surface area contributed by atoms with E-state index in [4.69, 9.17) is 0 Å². The van der Waals surface area contributed by atoms with Crippen LogP contribution in [0.4, 0.5) is 0 Å². The number of ketones is 1. The van der Waals surface area contributed by atoms with Crippen molar-refractivity contribution in [2.24, 2.45) is 0 Å². The first kappa shape index (κ1) is 12.8. The van der Waals surface area contributed by atoms with E-state index in [9.17, 15) is 4.79 Å². The van der Waals surface area contributed by atoms with Crippen molar-refractivity contribution in [3.8, 4) is 0 Å². The second-order valence-corrected chi connectivity index (χ2v) is 5.89. The van der Waals surface area contributed by atoms with Gasteiger partial charge < -0.3 is 0 Å². The SMILES string of the molecule is CC1(C)CC(=Cc2cccnc2)C(=O)c2ccccc21. The first-order valence-electron chi connectivity index (χ1n) is 6.83. The molecule has 0 fully saturated rings. The minimum absolute atomic E-state index is 0.0153. The predicted molar refractivity (Wildman–Crippen MR) is 80.6 cm³/mol. The van der Waals surface area contributed by atoms with Gasteiger partial charge in [0.15, 0.2) is 5.78 Å². The van der Waals surface area contributed by atoms with E-state index < -0.39 is 0 Å². The van der Waals surface area contributed by atoms with Gasteiger partial charge in [-0.3, -0.25) is 9.78 Å². The van der Waals surface area contributed by atoms with Gasteiger partial charge in [-0.05, 0) is 35.1 Å². The van der Waals surface area contributed by atoms with Crippen LogP contribution >= 0.6 is 0 Å². The van der Waals surface area contributed by atoms with Crippen LogP contribution in [0.3, 0.4) is 0 Å². The van der Waals surface area contributed by atoms with Crippen LogP contribution in [0.15, 0.2) is 54.4 Å². The van der Waals surface area contributed by atoms with Gasteiger partial charge in [-0.15, -0.1) is 0 Å². The summed E-state index contributed by atoms with van der Waals surface area (Å²) in [5.74, 6) is 0.142. The molecule has 1 aliphatic rings. The Balaban J connectivity index is 2.09. The van der Waals surface area contributed by atoms with E-state index in [1.54, 1.807) is 12.4 Å². The van der Waals surface area contributed by atoms with Crippen LogP contribution in [0.1, 0.15) is 41.8 Å². The number of pyridine rings is 1. The van der Waals surface area contributed by atoms with Crippen LogP contribution in [0, 0.1) is 0 Å². The number of carbonyl (C=O) groups is 1. The van der Waals surface area contributed by atoms with Gasteiger partial charge in [0, 0.05) is 23.5 Å². The highest BCUT2D eigenvalue weighted by Gasteiger charge is 2.34. The molecule has 20 heavy (non-hydrogen) atoms. The van der Waals surface area contributed by atoms with Crippen molar-refractivity contribution in [2.45, 2.75) is 25.7 Å². The maximum Gasteiger partial charge on any atom is 0.189 e. The molecule has 0 unspecified atom stereocenters. The summed E-state index contributed by atoms with van der Waals surface area (Å²) in [4.78, 5) is 16.7. The Morgan fingerprint density at radius 1 is 1.15 bits per heavy atom. The number of hydrogen-bond acceptors (Lipinski definition) is 2. The number of nitrogens with zero attached hydrogens (tertiary/aromatic N) is 1. The molecule has 0 saturated heterocycles. The zero-order valence-corrected chi connectivity index (χ0v) is 11.8. The molecular formula is C18H17NO. The summed E-state index contributed by atoms with van der Waals surface area (Å²) in [7, 11) is 0. The van der Waals surface area contributed by atoms with Gasteiger partial charge in [0.1, 0.15) is 0 Å². The van der Waals surface area contributed by atoms with E-state index >= 15 is 0 Å². The Morgan fingerprint density at radius 2 is 1.95 bits per heavy atom. The smallest absolute Gasteiger partial charge is 0.189 e. The van der Waals surface area contributed by atoms with E-state index in [1.165, 1.54) is 0 Å². The summed E-state index contributed by atoms with van der Waals surface area (Å²) in [6, 6.07) is 11.8. The second kappa shape index (κ2) is 4.71. The maximum absolute atomic E-state index is 12.6. The van der Waals surface area contributed by atoms with Gasteiger partial charge in [-0.1, -0.05) is 44.2 Å². The van der Waals surface area contributed by atoms with Crippen molar-refractivity contribution >= 4 is 11.9 Å². The highest BCUT2D eigenvalue weighted by molar-refractivity contribution is 6.13. The van der Waals surface area contributed by atoms with Crippen molar-refractivity contribution in [2.75, 3.05) is 0 Å². The fourth-order valence-electron chi connectivity index (χ4n) is 2.87. The zero-order valence-electron chi connectivity index (χ0n) is 11.8. The topological polar surface area (TPSA) is 30.0 Å². The summed E-state index contributed by atoms with van der Waals surface area (Å²) in [6.07, 6.45) is 6.25. The Bertz CT molecular complexity index is 684. The third-order valence-electron chi connectivity index (χ3n) is 3.85. The molecule has 0 aliphatic heterocycles. The quantitative estimate of drug-likeness (QED) is 0.727. The van der Waals surface area contributed by atoms with Gasteiger partial charge in [0.25, 0.3) is 0 Å². The Hall–Kier alpha value is -2.22. The first-order chi connectivity index (χ1) is 9.58. The third kappa shape index (κ3) is 2.18. The third-order valence-corrected chi connectivity index (χ3v) is 3.85.